The van der Waals surface area contributed by atoms with Crippen LogP contribution in [0.4, 0.5) is 27.8 Å². The molecule has 0 bridgehead atoms. The summed E-state index contributed by atoms with van der Waals surface area (Å²) < 4.78 is 64.5. The minimum absolute atomic E-state index is 0.294. The van der Waals surface area contributed by atoms with E-state index in [1.54, 1.807) is 38.2 Å². The molecule has 0 unspecified atom stereocenters. The maximum Gasteiger partial charge on any atom is 0.433 e. The Kier molecular flexibility index (Phi) is 11.5. The number of rotatable bonds is 4. The van der Waals surface area contributed by atoms with Crippen molar-refractivity contribution in [2.75, 3.05) is 12.5 Å². The van der Waals surface area contributed by atoms with Gasteiger partial charge in [-0.3, -0.25) is 9.79 Å². The number of aliphatic imine (C=N–C) groups is 1. The van der Waals surface area contributed by atoms with Crippen molar-refractivity contribution >= 4 is 30.4 Å². The second-order valence-corrected chi connectivity index (χ2v) is 8.55. The van der Waals surface area contributed by atoms with Gasteiger partial charge in [0.05, 0.1) is 5.56 Å². The van der Waals surface area contributed by atoms with Crippen molar-refractivity contribution in [2.45, 2.75) is 19.5 Å². The topological polar surface area (TPSA) is 88.4 Å². The molecule has 40 heavy (non-hydrogen) atoms. The first-order valence-electron chi connectivity index (χ1n) is 11.4. The fraction of sp³-hybridized carbons (Fsp3) is 0.185. The lowest BCUT2D eigenvalue weighted by atomic mass is 9.96. The summed E-state index contributed by atoms with van der Waals surface area (Å²) >= 11 is 5.94. The molecule has 0 fully saturated rings. The van der Waals surface area contributed by atoms with Gasteiger partial charge >= 0.3 is 6.18 Å². The average molecular weight is 582 g/mol. The summed E-state index contributed by atoms with van der Waals surface area (Å²) in [6, 6.07) is 10.1. The molecule has 212 valence electrons. The van der Waals surface area contributed by atoms with Gasteiger partial charge in [0, 0.05) is 37.3 Å². The van der Waals surface area contributed by atoms with E-state index in [4.69, 9.17) is 16.4 Å². The third kappa shape index (κ3) is 8.17. The Morgan fingerprint density at radius 2 is 1.60 bits per heavy atom. The number of hydrazine groups is 1. The molecule has 2 N–H and O–H groups in total. The smallest absolute Gasteiger partial charge is 0.307 e. The first-order chi connectivity index (χ1) is 18.9. The minimum atomic E-state index is -4.34. The van der Waals surface area contributed by atoms with Gasteiger partial charge in [0.25, 0.3) is 5.56 Å². The second-order valence-electron chi connectivity index (χ2n) is 8.12. The Hall–Kier alpha value is -4.16. The Bertz CT molecular complexity index is 1480. The van der Waals surface area contributed by atoms with E-state index < -0.39 is 23.5 Å². The van der Waals surface area contributed by atoms with Gasteiger partial charge in [0.1, 0.15) is 12.5 Å². The molecule has 1 aliphatic heterocycles. The number of aryl methyl sites for hydroxylation is 1. The summed E-state index contributed by atoms with van der Waals surface area (Å²) in [5.74, 6) is -1.69. The van der Waals surface area contributed by atoms with Crippen molar-refractivity contribution in [2.24, 2.45) is 12.0 Å². The van der Waals surface area contributed by atoms with Crippen LogP contribution in [0.25, 0.3) is 22.3 Å². The number of benzene rings is 2. The molecule has 0 radical (unpaired) electrons. The number of carbonyl (C=O) groups is 1. The molecule has 4 rings (SSSR count). The van der Waals surface area contributed by atoms with Crippen LogP contribution in [0.15, 0.2) is 75.7 Å². The van der Waals surface area contributed by atoms with Crippen molar-refractivity contribution in [1.82, 2.24) is 15.2 Å². The lowest BCUT2D eigenvalue weighted by Crippen LogP contribution is -2.27. The number of alkyl halides is 3. The third-order valence-corrected chi connectivity index (χ3v) is 5.54. The largest absolute Gasteiger partial charge is 0.433 e. The maximum atomic E-state index is 13.8. The molecule has 0 spiro atoms. The van der Waals surface area contributed by atoms with Crippen LogP contribution in [0.1, 0.15) is 13.3 Å². The number of halogens is 6. The van der Waals surface area contributed by atoms with Gasteiger partial charge in [-0.15, -0.1) is 0 Å². The Morgan fingerprint density at radius 1 is 0.975 bits per heavy atom. The van der Waals surface area contributed by atoms with Gasteiger partial charge in [0.15, 0.2) is 17.5 Å². The fourth-order valence-corrected chi connectivity index (χ4v) is 3.57. The quantitative estimate of drug-likeness (QED) is 0.280. The van der Waals surface area contributed by atoms with Crippen LogP contribution in [0.2, 0.25) is 5.02 Å². The van der Waals surface area contributed by atoms with Crippen LogP contribution < -0.4 is 16.4 Å². The lowest BCUT2D eigenvalue weighted by molar-refractivity contribution is -0.0981. The molecule has 1 aliphatic rings. The van der Waals surface area contributed by atoms with Gasteiger partial charge in [-0.25, -0.2) is 18.9 Å². The van der Waals surface area contributed by atoms with Crippen LogP contribution in [0, 0.1) is 11.6 Å². The number of carbonyl (C=O) groups excluding carboxylic acids is 1. The van der Waals surface area contributed by atoms with E-state index in [0.29, 0.717) is 39.5 Å². The molecule has 13 heteroatoms. The molecular weight excluding hydrogens is 557 g/mol. The van der Waals surface area contributed by atoms with E-state index in [0.717, 1.165) is 23.8 Å². The number of anilines is 1. The van der Waals surface area contributed by atoms with E-state index >= 15 is 0 Å². The van der Waals surface area contributed by atoms with E-state index in [1.807, 2.05) is 6.79 Å². The van der Waals surface area contributed by atoms with Gasteiger partial charge < -0.3 is 10.2 Å². The summed E-state index contributed by atoms with van der Waals surface area (Å²) in [6.07, 6.45) is -0.138. The molecule has 0 saturated heterocycles. The van der Waals surface area contributed by atoms with Crippen molar-refractivity contribution < 1.29 is 26.7 Å². The number of allylic oxidation sites excluding steroid dienone is 4. The van der Waals surface area contributed by atoms with E-state index in [1.165, 1.54) is 30.1 Å². The SMILES string of the molecule is C=O.CC1=CC=C(C(F)(F)F)N=CC1.CNNc1nn(C)c(=O)c(-c2ccc(Cl)cc2)c1-c1ccc(F)c(F)c1. The zero-order chi connectivity index (χ0) is 30.0. The van der Waals surface area contributed by atoms with Crippen LogP contribution >= 0.6 is 11.6 Å². The normalized spacial score (nSPS) is 12.6. The number of hydrogen-bond acceptors (Lipinski definition) is 6. The zero-order valence-electron chi connectivity index (χ0n) is 21.6. The van der Waals surface area contributed by atoms with Crippen molar-refractivity contribution in [3.63, 3.8) is 0 Å². The van der Waals surface area contributed by atoms with Gasteiger partial charge in [-0.05, 0) is 48.4 Å². The predicted octanol–water partition coefficient (Wildman–Crippen LogP) is 6.26. The second kappa shape index (κ2) is 14.3. The molecule has 0 aliphatic carbocycles. The van der Waals surface area contributed by atoms with Gasteiger partial charge in [-0.2, -0.15) is 18.3 Å². The molecule has 2 heterocycles. The number of aromatic nitrogens is 2. The molecule has 0 atom stereocenters. The third-order valence-electron chi connectivity index (χ3n) is 5.29. The standard InChI is InChI=1S/C18H15ClF2N4O.C8H8F3N.CH2O/c1-22-23-17-15(11-5-8-13(20)14(21)9-11)16(18(26)25(2)24-17)10-3-6-12(19)7-4-10;1-6-2-3-7(8(9,10)11)12-5-4-6;1-2/h3-9,22H,1-2H3,(H,23,24);2-3,5H,4H2,1H3;1H2. The van der Waals surface area contributed by atoms with Gasteiger partial charge in [0.2, 0.25) is 0 Å². The Morgan fingerprint density at radius 3 is 2.17 bits per heavy atom. The molecular formula is C27H25ClF5N5O2. The summed E-state index contributed by atoms with van der Waals surface area (Å²) in [5, 5.41) is 4.70. The van der Waals surface area contributed by atoms with E-state index in [-0.39, 0.29) is 5.56 Å². The summed E-state index contributed by atoms with van der Waals surface area (Å²) in [5.41, 5.74) is 6.77. The highest BCUT2D eigenvalue weighted by molar-refractivity contribution is 6.30. The summed E-state index contributed by atoms with van der Waals surface area (Å²) in [4.78, 5) is 24.1. The Balaban J connectivity index is 0.000000336. The number of hydrogen-bond donors (Lipinski definition) is 2. The molecule has 7 nitrogen and oxygen atoms in total. The highest BCUT2D eigenvalue weighted by Gasteiger charge is 2.33. The maximum absolute atomic E-state index is 13.8. The van der Waals surface area contributed by atoms with Gasteiger partial charge in [-0.1, -0.05) is 41.4 Å². The molecule has 2 aromatic carbocycles. The predicted molar refractivity (Wildman–Crippen MR) is 146 cm³/mol. The van der Waals surface area contributed by atoms with Crippen molar-refractivity contribution in [3.05, 3.63) is 92.9 Å². The monoisotopic (exact) mass is 581 g/mol. The number of nitrogens with zero attached hydrogens (tertiary/aromatic N) is 3. The molecule has 0 amide bonds. The Labute approximate surface area is 231 Å². The zero-order valence-corrected chi connectivity index (χ0v) is 22.4. The van der Waals surface area contributed by atoms with Crippen LogP contribution in [0.5, 0.6) is 0 Å². The minimum Gasteiger partial charge on any atom is -0.307 e. The first-order valence-corrected chi connectivity index (χ1v) is 11.8. The van der Waals surface area contributed by atoms with Crippen LogP contribution in [-0.4, -0.2) is 36.0 Å². The fourth-order valence-electron chi connectivity index (χ4n) is 3.44. The van der Waals surface area contributed by atoms with Crippen LogP contribution in [0.3, 0.4) is 0 Å². The molecule has 1 aromatic heterocycles. The number of nitrogens with one attached hydrogen (secondary N) is 2. The lowest BCUT2D eigenvalue weighted by Gasteiger charge is -2.16. The first kappa shape index (κ1) is 32.1. The van der Waals surface area contributed by atoms with Crippen molar-refractivity contribution in [1.29, 1.82) is 0 Å². The highest BCUT2D eigenvalue weighted by Crippen LogP contribution is 2.35. The van der Waals surface area contributed by atoms with Crippen LogP contribution in [-0.2, 0) is 11.8 Å². The van der Waals surface area contributed by atoms with Crippen molar-refractivity contribution in [3.8, 4) is 22.3 Å². The average Bonchev–Trinajstić information content (AvgIpc) is 3.14. The summed E-state index contributed by atoms with van der Waals surface area (Å²) in [7, 11) is 3.14. The highest BCUT2D eigenvalue weighted by atomic mass is 35.5. The summed E-state index contributed by atoms with van der Waals surface area (Å²) in [6.45, 7) is 3.77. The van der Waals surface area contributed by atoms with E-state index in [9.17, 15) is 26.7 Å². The van der Waals surface area contributed by atoms with E-state index in [2.05, 4.69) is 20.9 Å². The molecule has 3 aromatic rings. The molecule has 0 saturated carbocycles.